The Hall–Kier alpha value is -0.610. The normalized spacial score (nSPS) is 27.7. The van der Waals surface area contributed by atoms with Crippen LogP contribution in [0.5, 0.6) is 0 Å². The molecule has 3 fully saturated rings. The van der Waals surface area contributed by atoms with E-state index >= 15 is 0 Å². The highest BCUT2D eigenvalue weighted by atomic mass is 16.5. The number of piperazine rings is 1. The van der Waals surface area contributed by atoms with Crippen LogP contribution in [0, 0.1) is 5.92 Å². The second kappa shape index (κ2) is 6.90. The standard InChI is InChI=1S/C16H28N2O2/c19-16(14-6-12-20-13-7-14)18-10-8-17(9-11-18)15-4-2-1-3-5-15/h14-15H,1-13H2. The molecule has 20 heavy (non-hydrogen) atoms. The maximum Gasteiger partial charge on any atom is 0.225 e. The highest BCUT2D eigenvalue weighted by Crippen LogP contribution is 2.24. The lowest BCUT2D eigenvalue weighted by Crippen LogP contribution is -2.53. The number of rotatable bonds is 2. The highest BCUT2D eigenvalue weighted by Gasteiger charge is 2.30. The molecule has 114 valence electrons. The average molecular weight is 280 g/mol. The third-order valence-corrected chi connectivity index (χ3v) is 5.29. The van der Waals surface area contributed by atoms with Gasteiger partial charge in [0, 0.05) is 51.4 Å². The summed E-state index contributed by atoms with van der Waals surface area (Å²) in [7, 11) is 0. The fourth-order valence-electron chi connectivity index (χ4n) is 3.96. The lowest BCUT2D eigenvalue weighted by atomic mass is 9.93. The van der Waals surface area contributed by atoms with Crippen molar-refractivity contribution in [1.82, 2.24) is 9.80 Å². The van der Waals surface area contributed by atoms with Crippen molar-refractivity contribution in [2.75, 3.05) is 39.4 Å². The predicted molar refractivity (Wildman–Crippen MR) is 78.6 cm³/mol. The Morgan fingerprint density at radius 3 is 2.15 bits per heavy atom. The fourth-order valence-corrected chi connectivity index (χ4v) is 3.96. The van der Waals surface area contributed by atoms with E-state index in [1.165, 1.54) is 32.1 Å². The van der Waals surface area contributed by atoms with E-state index in [4.69, 9.17) is 4.74 Å². The molecule has 1 saturated carbocycles. The maximum absolute atomic E-state index is 12.5. The third kappa shape index (κ3) is 3.34. The second-order valence-electron chi connectivity index (χ2n) is 6.54. The summed E-state index contributed by atoms with van der Waals surface area (Å²) in [5.41, 5.74) is 0. The summed E-state index contributed by atoms with van der Waals surface area (Å²) >= 11 is 0. The Morgan fingerprint density at radius 2 is 1.50 bits per heavy atom. The number of hydrogen-bond donors (Lipinski definition) is 0. The van der Waals surface area contributed by atoms with E-state index in [0.29, 0.717) is 5.91 Å². The van der Waals surface area contributed by atoms with Crippen molar-refractivity contribution in [2.24, 2.45) is 5.92 Å². The van der Waals surface area contributed by atoms with Gasteiger partial charge in [0.2, 0.25) is 5.91 Å². The molecule has 0 atom stereocenters. The average Bonchev–Trinajstić information content (AvgIpc) is 2.56. The third-order valence-electron chi connectivity index (χ3n) is 5.29. The van der Waals surface area contributed by atoms with Gasteiger partial charge in [0.25, 0.3) is 0 Å². The van der Waals surface area contributed by atoms with Gasteiger partial charge in [-0.05, 0) is 25.7 Å². The van der Waals surface area contributed by atoms with Gasteiger partial charge in [-0.25, -0.2) is 0 Å². The molecule has 0 bridgehead atoms. The van der Waals surface area contributed by atoms with Crippen LogP contribution >= 0.6 is 0 Å². The molecule has 0 aromatic heterocycles. The molecule has 0 N–H and O–H groups in total. The van der Waals surface area contributed by atoms with Crippen LogP contribution in [0.4, 0.5) is 0 Å². The smallest absolute Gasteiger partial charge is 0.225 e. The van der Waals surface area contributed by atoms with Gasteiger partial charge in [-0.3, -0.25) is 9.69 Å². The molecule has 2 saturated heterocycles. The molecule has 1 amide bonds. The van der Waals surface area contributed by atoms with E-state index in [9.17, 15) is 4.79 Å². The summed E-state index contributed by atoms with van der Waals surface area (Å²) in [5.74, 6) is 0.613. The van der Waals surface area contributed by atoms with Gasteiger partial charge in [0.1, 0.15) is 0 Å². The Morgan fingerprint density at radius 1 is 0.850 bits per heavy atom. The molecule has 2 aliphatic heterocycles. The van der Waals surface area contributed by atoms with Gasteiger partial charge in [-0.2, -0.15) is 0 Å². The number of carbonyl (C=O) groups is 1. The summed E-state index contributed by atoms with van der Waals surface area (Å²) in [6, 6.07) is 0.795. The first-order valence-electron chi connectivity index (χ1n) is 8.45. The summed E-state index contributed by atoms with van der Waals surface area (Å²) < 4.78 is 5.35. The Labute approximate surface area is 122 Å². The predicted octanol–water partition coefficient (Wildman–Crippen LogP) is 1.89. The van der Waals surface area contributed by atoms with Crippen molar-refractivity contribution in [3.05, 3.63) is 0 Å². The van der Waals surface area contributed by atoms with Crippen LogP contribution in [-0.4, -0.2) is 61.1 Å². The van der Waals surface area contributed by atoms with Gasteiger partial charge >= 0.3 is 0 Å². The molecule has 4 heteroatoms. The number of hydrogen-bond acceptors (Lipinski definition) is 3. The van der Waals surface area contributed by atoms with E-state index in [2.05, 4.69) is 9.80 Å². The fraction of sp³-hybridized carbons (Fsp3) is 0.938. The van der Waals surface area contributed by atoms with Crippen LogP contribution in [0.3, 0.4) is 0 Å². The van der Waals surface area contributed by atoms with Crippen LogP contribution < -0.4 is 0 Å². The monoisotopic (exact) mass is 280 g/mol. The first-order chi connectivity index (χ1) is 9.84. The quantitative estimate of drug-likeness (QED) is 0.774. The van der Waals surface area contributed by atoms with E-state index in [0.717, 1.165) is 58.3 Å². The summed E-state index contributed by atoms with van der Waals surface area (Å²) in [6.45, 7) is 5.57. The molecule has 0 aromatic rings. The maximum atomic E-state index is 12.5. The Bertz CT molecular complexity index is 314. The minimum atomic E-state index is 0.227. The van der Waals surface area contributed by atoms with E-state index in [1.807, 2.05) is 0 Å². The van der Waals surface area contributed by atoms with Crippen molar-refractivity contribution in [3.63, 3.8) is 0 Å². The number of nitrogens with zero attached hydrogens (tertiary/aromatic N) is 2. The molecule has 0 aromatic carbocycles. The zero-order chi connectivity index (χ0) is 13.8. The van der Waals surface area contributed by atoms with E-state index in [1.54, 1.807) is 0 Å². The van der Waals surface area contributed by atoms with Crippen molar-refractivity contribution in [3.8, 4) is 0 Å². The molecule has 2 heterocycles. The van der Waals surface area contributed by atoms with Crippen molar-refractivity contribution < 1.29 is 9.53 Å². The van der Waals surface area contributed by atoms with E-state index in [-0.39, 0.29) is 5.92 Å². The molecule has 3 aliphatic rings. The lowest BCUT2D eigenvalue weighted by molar-refractivity contribution is -0.140. The number of carbonyl (C=O) groups excluding carboxylic acids is 1. The summed E-state index contributed by atoms with van der Waals surface area (Å²) in [6.07, 6.45) is 8.78. The van der Waals surface area contributed by atoms with Crippen LogP contribution in [-0.2, 0) is 9.53 Å². The number of amides is 1. The molecule has 0 radical (unpaired) electrons. The minimum Gasteiger partial charge on any atom is -0.381 e. The first-order valence-corrected chi connectivity index (χ1v) is 8.45. The number of ether oxygens (including phenoxy) is 1. The van der Waals surface area contributed by atoms with Crippen molar-refractivity contribution in [1.29, 1.82) is 0 Å². The van der Waals surface area contributed by atoms with Crippen LogP contribution in [0.15, 0.2) is 0 Å². The summed E-state index contributed by atoms with van der Waals surface area (Å²) in [4.78, 5) is 17.2. The van der Waals surface area contributed by atoms with Gasteiger partial charge in [-0.15, -0.1) is 0 Å². The second-order valence-corrected chi connectivity index (χ2v) is 6.54. The SMILES string of the molecule is O=C(C1CCOCC1)N1CCN(C2CCCCC2)CC1. The molecule has 0 unspecified atom stereocenters. The van der Waals surface area contributed by atoms with Crippen molar-refractivity contribution in [2.45, 2.75) is 51.0 Å². The topological polar surface area (TPSA) is 32.8 Å². The zero-order valence-electron chi connectivity index (χ0n) is 12.6. The molecule has 1 aliphatic carbocycles. The van der Waals surface area contributed by atoms with Gasteiger partial charge in [-0.1, -0.05) is 19.3 Å². The zero-order valence-corrected chi connectivity index (χ0v) is 12.6. The van der Waals surface area contributed by atoms with Crippen LogP contribution in [0.25, 0.3) is 0 Å². The molecular formula is C16H28N2O2. The van der Waals surface area contributed by atoms with Gasteiger partial charge in [0.15, 0.2) is 0 Å². The molecular weight excluding hydrogens is 252 g/mol. The first kappa shape index (κ1) is 14.3. The lowest BCUT2D eigenvalue weighted by Gasteiger charge is -2.41. The molecule has 4 nitrogen and oxygen atoms in total. The minimum absolute atomic E-state index is 0.227. The van der Waals surface area contributed by atoms with Gasteiger partial charge < -0.3 is 9.64 Å². The molecule has 0 spiro atoms. The molecule has 3 rings (SSSR count). The highest BCUT2D eigenvalue weighted by molar-refractivity contribution is 5.79. The Kier molecular flexibility index (Phi) is 4.94. The van der Waals surface area contributed by atoms with Crippen LogP contribution in [0.2, 0.25) is 0 Å². The largest absolute Gasteiger partial charge is 0.381 e. The van der Waals surface area contributed by atoms with Crippen LogP contribution in [0.1, 0.15) is 44.9 Å². The summed E-state index contributed by atoms with van der Waals surface area (Å²) in [5, 5.41) is 0. The van der Waals surface area contributed by atoms with Gasteiger partial charge in [0.05, 0.1) is 0 Å². The van der Waals surface area contributed by atoms with E-state index < -0.39 is 0 Å². The van der Waals surface area contributed by atoms with Crippen molar-refractivity contribution >= 4 is 5.91 Å². The Balaban J connectivity index is 1.46.